The first kappa shape index (κ1) is 10.5. The molecule has 0 amide bonds. The predicted molar refractivity (Wildman–Crippen MR) is 58.4 cm³/mol. The molecular weight excluding hydrogens is 254 g/mol. The van der Waals surface area contributed by atoms with Gasteiger partial charge in [0.05, 0.1) is 4.92 Å². The van der Waals surface area contributed by atoms with E-state index in [1.807, 2.05) is 0 Å². The van der Waals surface area contributed by atoms with Crippen LogP contribution in [-0.4, -0.2) is 10.7 Å². The number of hydrogen-bond acceptors (Lipinski definition) is 3. The maximum atomic E-state index is 10.4. The van der Waals surface area contributed by atoms with Crippen LogP contribution in [-0.2, 0) is 6.42 Å². The molecule has 5 heteroatoms. The molecule has 0 bridgehead atoms. The Balaban J connectivity index is 2.98. The number of nitrogens with zero attached hydrogens (tertiary/aromatic N) is 1. The van der Waals surface area contributed by atoms with E-state index in [0.717, 1.165) is 22.2 Å². The molecule has 1 aromatic carbocycles. The highest BCUT2D eigenvalue weighted by Gasteiger charge is 2.07. The van der Waals surface area contributed by atoms with Crippen molar-refractivity contribution in [1.29, 1.82) is 0 Å². The Morgan fingerprint density at radius 1 is 1.54 bits per heavy atom. The molecule has 0 unspecified atom stereocenters. The van der Waals surface area contributed by atoms with Gasteiger partial charge in [-0.15, -0.1) is 0 Å². The highest BCUT2D eigenvalue weighted by molar-refractivity contribution is 9.10. The minimum atomic E-state index is -0.408. The second-order valence-corrected chi connectivity index (χ2v) is 3.81. The average Bonchev–Trinajstić information content (AvgIpc) is 2.08. The van der Waals surface area contributed by atoms with Crippen molar-refractivity contribution in [3.05, 3.63) is 38.3 Å². The summed E-state index contributed by atoms with van der Waals surface area (Å²) in [5.41, 5.74) is 1.15. The van der Waals surface area contributed by atoms with E-state index in [9.17, 15) is 10.1 Å². The minimum absolute atomic E-state index is 0.106. The second-order valence-electron chi connectivity index (χ2n) is 2.51. The quantitative estimate of drug-likeness (QED) is 0.517. The summed E-state index contributed by atoms with van der Waals surface area (Å²) in [6, 6.07) is 4.76. The first-order chi connectivity index (χ1) is 6.15. The highest BCUT2D eigenvalue weighted by Crippen LogP contribution is 2.23. The highest BCUT2D eigenvalue weighted by atomic mass is 79.9. The van der Waals surface area contributed by atoms with Gasteiger partial charge in [0.2, 0.25) is 0 Å². The largest absolute Gasteiger partial charge is 0.270 e. The summed E-state index contributed by atoms with van der Waals surface area (Å²) < 4.78 is 0.774. The molecule has 0 aliphatic heterocycles. The van der Waals surface area contributed by atoms with Gasteiger partial charge in [-0.1, -0.05) is 22.0 Å². The zero-order valence-corrected chi connectivity index (χ0v) is 9.22. The van der Waals surface area contributed by atoms with Crippen molar-refractivity contribution < 1.29 is 4.92 Å². The van der Waals surface area contributed by atoms with Gasteiger partial charge in [0.1, 0.15) is 0 Å². The van der Waals surface area contributed by atoms with Crippen LogP contribution in [0.3, 0.4) is 0 Å². The van der Waals surface area contributed by atoms with Crippen molar-refractivity contribution >= 4 is 34.2 Å². The molecule has 1 rings (SSSR count). The Labute approximate surface area is 89.8 Å². The van der Waals surface area contributed by atoms with Gasteiger partial charge in [0, 0.05) is 16.6 Å². The molecule has 0 atom stereocenters. The molecular formula is C8H8BrNO2S. The van der Waals surface area contributed by atoms with Crippen molar-refractivity contribution in [2.75, 3.05) is 5.75 Å². The number of thiol groups is 1. The molecule has 0 radical (unpaired) electrons. The van der Waals surface area contributed by atoms with Gasteiger partial charge in [-0.2, -0.15) is 12.6 Å². The number of hydrogen-bond donors (Lipinski definition) is 1. The summed E-state index contributed by atoms with van der Waals surface area (Å²) in [6.45, 7) is 0. The number of non-ortho nitro benzene ring substituents is 1. The van der Waals surface area contributed by atoms with Crippen LogP contribution in [0, 0.1) is 10.1 Å². The van der Waals surface area contributed by atoms with Crippen LogP contribution < -0.4 is 0 Å². The third-order valence-corrected chi connectivity index (χ3v) is 2.59. The van der Waals surface area contributed by atoms with E-state index in [4.69, 9.17) is 0 Å². The normalized spacial score (nSPS) is 10.0. The molecule has 0 aromatic heterocycles. The number of rotatable bonds is 3. The number of nitro benzene ring substituents is 1. The number of benzene rings is 1. The summed E-state index contributed by atoms with van der Waals surface area (Å²) in [6.07, 6.45) is 0.807. The summed E-state index contributed by atoms with van der Waals surface area (Å²) in [5.74, 6) is 0.733. The lowest BCUT2D eigenvalue weighted by Crippen LogP contribution is -1.91. The fourth-order valence-corrected chi connectivity index (χ4v) is 1.78. The fraction of sp³-hybridized carbons (Fsp3) is 0.250. The Bertz CT molecular complexity index is 330. The number of nitro groups is 1. The molecule has 0 aliphatic carbocycles. The molecule has 0 heterocycles. The van der Waals surface area contributed by atoms with Crippen LogP contribution in [0.4, 0.5) is 5.69 Å². The molecule has 70 valence electrons. The van der Waals surface area contributed by atoms with Gasteiger partial charge in [-0.25, -0.2) is 0 Å². The van der Waals surface area contributed by atoms with Crippen LogP contribution in [0.2, 0.25) is 0 Å². The van der Waals surface area contributed by atoms with E-state index in [0.29, 0.717) is 0 Å². The van der Waals surface area contributed by atoms with E-state index in [1.54, 1.807) is 6.07 Å². The summed E-state index contributed by atoms with van der Waals surface area (Å²) in [7, 11) is 0. The summed E-state index contributed by atoms with van der Waals surface area (Å²) in [4.78, 5) is 9.98. The van der Waals surface area contributed by atoms with E-state index in [1.165, 1.54) is 12.1 Å². The van der Waals surface area contributed by atoms with Crippen molar-refractivity contribution in [3.8, 4) is 0 Å². The molecule has 0 N–H and O–H groups in total. The maximum absolute atomic E-state index is 10.4. The lowest BCUT2D eigenvalue weighted by atomic mass is 10.1. The standard InChI is InChI=1S/C8H8BrNO2S/c9-8-5-7(10(11)12)2-1-6(8)3-4-13/h1-2,5,13H,3-4H2. The predicted octanol–water partition coefficient (Wildman–Crippen LogP) is 2.83. The Kier molecular flexibility index (Phi) is 3.74. The number of halogens is 1. The van der Waals surface area contributed by atoms with Gasteiger partial charge in [-0.05, 0) is 17.7 Å². The van der Waals surface area contributed by atoms with Crippen LogP contribution in [0.5, 0.6) is 0 Å². The Morgan fingerprint density at radius 3 is 2.69 bits per heavy atom. The molecule has 0 aliphatic rings. The molecule has 0 spiro atoms. The SMILES string of the molecule is O=[N+]([O-])c1ccc(CCS)c(Br)c1. The van der Waals surface area contributed by atoms with Crippen molar-refractivity contribution in [1.82, 2.24) is 0 Å². The summed E-state index contributed by atoms with van der Waals surface area (Å²) in [5, 5.41) is 10.4. The van der Waals surface area contributed by atoms with Gasteiger partial charge in [0.25, 0.3) is 5.69 Å². The minimum Gasteiger partial charge on any atom is -0.258 e. The molecule has 1 aromatic rings. The fourth-order valence-electron chi connectivity index (χ4n) is 0.973. The first-order valence-electron chi connectivity index (χ1n) is 3.69. The second kappa shape index (κ2) is 4.62. The van der Waals surface area contributed by atoms with Crippen molar-refractivity contribution in [2.24, 2.45) is 0 Å². The topological polar surface area (TPSA) is 43.1 Å². The van der Waals surface area contributed by atoms with Gasteiger partial charge < -0.3 is 0 Å². The maximum Gasteiger partial charge on any atom is 0.270 e. The third kappa shape index (κ3) is 2.70. The zero-order chi connectivity index (χ0) is 9.84. The molecule has 0 fully saturated rings. The lowest BCUT2D eigenvalue weighted by molar-refractivity contribution is -0.384. The van der Waals surface area contributed by atoms with E-state index >= 15 is 0 Å². The molecule has 0 saturated heterocycles. The summed E-state index contributed by atoms with van der Waals surface area (Å²) >= 11 is 7.37. The van der Waals surface area contributed by atoms with Gasteiger partial charge >= 0.3 is 0 Å². The van der Waals surface area contributed by atoms with Gasteiger partial charge in [-0.3, -0.25) is 10.1 Å². The smallest absolute Gasteiger partial charge is 0.258 e. The van der Waals surface area contributed by atoms with E-state index in [-0.39, 0.29) is 5.69 Å². The molecule has 3 nitrogen and oxygen atoms in total. The number of aryl methyl sites for hydroxylation is 1. The van der Waals surface area contributed by atoms with Gasteiger partial charge in [0.15, 0.2) is 0 Å². The average molecular weight is 262 g/mol. The van der Waals surface area contributed by atoms with E-state index in [2.05, 4.69) is 28.6 Å². The van der Waals surface area contributed by atoms with Crippen LogP contribution >= 0.6 is 28.6 Å². The Morgan fingerprint density at radius 2 is 2.23 bits per heavy atom. The van der Waals surface area contributed by atoms with Crippen molar-refractivity contribution in [2.45, 2.75) is 6.42 Å². The van der Waals surface area contributed by atoms with Crippen LogP contribution in [0.1, 0.15) is 5.56 Å². The lowest BCUT2D eigenvalue weighted by Gasteiger charge is -2.01. The monoisotopic (exact) mass is 261 g/mol. The van der Waals surface area contributed by atoms with Crippen LogP contribution in [0.25, 0.3) is 0 Å². The molecule has 0 saturated carbocycles. The van der Waals surface area contributed by atoms with Crippen LogP contribution in [0.15, 0.2) is 22.7 Å². The van der Waals surface area contributed by atoms with Crippen molar-refractivity contribution in [3.63, 3.8) is 0 Å². The zero-order valence-electron chi connectivity index (χ0n) is 6.74. The Hall–Kier alpha value is -0.550. The first-order valence-corrected chi connectivity index (χ1v) is 5.11. The van der Waals surface area contributed by atoms with E-state index < -0.39 is 4.92 Å². The third-order valence-electron chi connectivity index (χ3n) is 1.63. The molecule has 13 heavy (non-hydrogen) atoms.